The highest BCUT2D eigenvalue weighted by atomic mass is 16.5. The van der Waals surface area contributed by atoms with E-state index in [-0.39, 0.29) is 18.4 Å². The lowest BCUT2D eigenvalue weighted by Gasteiger charge is -2.10. The molecule has 2 rings (SSSR count). The molecule has 0 fully saturated rings. The Hall–Kier alpha value is -2.82. The lowest BCUT2D eigenvalue weighted by atomic mass is 10.1. The summed E-state index contributed by atoms with van der Waals surface area (Å²) in [6, 6.07) is 14.4. The van der Waals surface area contributed by atoms with Gasteiger partial charge in [0.1, 0.15) is 5.75 Å². The molecule has 5 nitrogen and oxygen atoms in total. The highest BCUT2D eigenvalue weighted by Crippen LogP contribution is 2.19. The van der Waals surface area contributed by atoms with Crippen LogP contribution < -0.4 is 15.4 Å². The Kier molecular flexibility index (Phi) is 5.14. The van der Waals surface area contributed by atoms with Gasteiger partial charge in [0.25, 0.3) is 5.91 Å². The highest BCUT2D eigenvalue weighted by molar-refractivity contribution is 5.93. The zero-order chi connectivity index (χ0) is 15.9. The Morgan fingerprint density at radius 2 is 1.77 bits per heavy atom. The number of benzene rings is 2. The number of anilines is 2. The highest BCUT2D eigenvalue weighted by Gasteiger charge is 2.06. The number of hydrogen-bond donors (Lipinski definition) is 2. The summed E-state index contributed by atoms with van der Waals surface area (Å²) >= 11 is 0. The minimum absolute atomic E-state index is 0.0590. The number of aryl methyl sites for hydroxylation is 1. The van der Waals surface area contributed by atoms with Crippen LogP contribution in [-0.2, 0) is 9.59 Å². The first-order valence-corrected chi connectivity index (χ1v) is 6.90. The number of rotatable bonds is 5. The Labute approximate surface area is 129 Å². The van der Waals surface area contributed by atoms with Crippen LogP contribution in [0, 0.1) is 6.92 Å². The minimum Gasteiger partial charge on any atom is -0.484 e. The van der Waals surface area contributed by atoms with Gasteiger partial charge in [-0.05, 0) is 42.8 Å². The maximum Gasteiger partial charge on any atom is 0.262 e. The van der Waals surface area contributed by atoms with Crippen LogP contribution >= 0.6 is 0 Å². The van der Waals surface area contributed by atoms with Crippen molar-refractivity contribution in [1.82, 2.24) is 0 Å². The third-order valence-electron chi connectivity index (χ3n) is 2.93. The molecule has 0 aliphatic carbocycles. The van der Waals surface area contributed by atoms with Crippen LogP contribution in [0.4, 0.5) is 11.4 Å². The number of carbonyl (C=O) groups is 2. The predicted molar refractivity (Wildman–Crippen MR) is 86.0 cm³/mol. The van der Waals surface area contributed by atoms with Crippen LogP contribution in [0.3, 0.4) is 0 Å². The van der Waals surface area contributed by atoms with Gasteiger partial charge in [0.05, 0.1) is 0 Å². The average Bonchev–Trinajstić information content (AvgIpc) is 2.49. The lowest BCUT2D eigenvalue weighted by molar-refractivity contribution is -0.118. The van der Waals surface area contributed by atoms with Gasteiger partial charge in [0.2, 0.25) is 5.91 Å². The fraction of sp³-hybridized carbons (Fsp3) is 0.176. The topological polar surface area (TPSA) is 67.4 Å². The van der Waals surface area contributed by atoms with Crippen molar-refractivity contribution in [2.24, 2.45) is 0 Å². The monoisotopic (exact) mass is 298 g/mol. The van der Waals surface area contributed by atoms with E-state index in [0.717, 1.165) is 11.3 Å². The van der Waals surface area contributed by atoms with Gasteiger partial charge >= 0.3 is 0 Å². The van der Waals surface area contributed by atoms with Gasteiger partial charge in [-0.1, -0.05) is 18.2 Å². The van der Waals surface area contributed by atoms with Crippen molar-refractivity contribution in [3.63, 3.8) is 0 Å². The Balaban J connectivity index is 1.91. The number of hydrogen-bond acceptors (Lipinski definition) is 3. The molecule has 2 aromatic carbocycles. The number of nitrogens with one attached hydrogen (secondary N) is 2. The second-order valence-corrected chi connectivity index (χ2v) is 4.86. The van der Waals surface area contributed by atoms with Crippen molar-refractivity contribution >= 4 is 23.2 Å². The van der Waals surface area contributed by atoms with Gasteiger partial charge in [-0.3, -0.25) is 9.59 Å². The standard InChI is InChI=1S/C17H18N2O3/c1-12-10-14(8-9-16(12)18-13(2)20)19-17(21)11-22-15-6-4-3-5-7-15/h3-10H,11H2,1-2H3,(H,18,20)(H,19,21). The molecule has 2 amide bonds. The molecular weight excluding hydrogens is 280 g/mol. The predicted octanol–water partition coefficient (Wildman–Crippen LogP) is 2.97. The van der Waals surface area contributed by atoms with Gasteiger partial charge in [-0.25, -0.2) is 0 Å². The number of ether oxygens (including phenoxy) is 1. The van der Waals surface area contributed by atoms with Crippen molar-refractivity contribution in [3.05, 3.63) is 54.1 Å². The third-order valence-corrected chi connectivity index (χ3v) is 2.93. The molecular formula is C17H18N2O3. The van der Waals surface area contributed by atoms with Crippen LogP contribution in [0.5, 0.6) is 5.75 Å². The molecule has 0 aromatic heterocycles. The number of para-hydroxylation sites is 1. The van der Waals surface area contributed by atoms with Crippen molar-refractivity contribution in [2.45, 2.75) is 13.8 Å². The van der Waals surface area contributed by atoms with Gasteiger partial charge in [-0.2, -0.15) is 0 Å². The van der Waals surface area contributed by atoms with Crippen LogP contribution in [0.1, 0.15) is 12.5 Å². The van der Waals surface area contributed by atoms with Crippen molar-refractivity contribution in [1.29, 1.82) is 0 Å². The lowest BCUT2D eigenvalue weighted by Crippen LogP contribution is -2.20. The van der Waals surface area contributed by atoms with Gasteiger partial charge in [0.15, 0.2) is 6.61 Å². The zero-order valence-electron chi connectivity index (χ0n) is 12.6. The van der Waals surface area contributed by atoms with Gasteiger partial charge in [0, 0.05) is 18.3 Å². The molecule has 0 unspecified atom stereocenters. The van der Waals surface area contributed by atoms with E-state index in [9.17, 15) is 9.59 Å². The van der Waals surface area contributed by atoms with E-state index >= 15 is 0 Å². The average molecular weight is 298 g/mol. The molecule has 0 saturated carbocycles. The summed E-state index contributed by atoms with van der Waals surface area (Å²) < 4.78 is 5.38. The normalized spacial score (nSPS) is 9.91. The minimum atomic E-state index is -0.240. The largest absolute Gasteiger partial charge is 0.484 e. The first kappa shape index (κ1) is 15.6. The summed E-state index contributed by atoms with van der Waals surface area (Å²) in [4.78, 5) is 22.9. The molecule has 0 aliphatic rings. The molecule has 5 heteroatoms. The van der Waals surface area contributed by atoms with E-state index in [2.05, 4.69) is 10.6 Å². The van der Waals surface area contributed by atoms with Crippen molar-refractivity contribution in [2.75, 3.05) is 17.2 Å². The summed E-state index contributed by atoms with van der Waals surface area (Å²) in [5.41, 5.74) is 2.26. The summed E-state index contributed by atoms with van der Waals surface area (Å²) in [5, 5.41) is 5.48. The fourth-order valence-electron chi connectivity index (χ4n) is 1.93. The number of amides is 2. The van der Waals surface area contributed by atoms with Gasteiger partial charge in [-0.15, -0.1) is 0 Å². The van der Waals surface area contributed by atoms with Crippen LogP contribution in [-0.4, -0.2) is 18.4 Å². The van der Waals surface area contributed by atoms with Crippen LogP contribution in [0.25, 0.3) is 0 Å². The smallest absolute Gasteiger partial charge is 0.262 e. The molecule has 0 spiro atoms. The maximum absolute atomic E-state index is 11.9. The second-order valence-electron chi connectivity index (χ2n) is 4.86. The first-order chi connectivity index (χ1) is 10.5. The van der Waals surface area contributed by atoms with Crippen LogP contribution in [0.2, 0.25) is 0 Å². The SMILES string of the molecule is CC(=O)Nc1ccc(NC(=O)COc2ccccc2)cc1C. The molecule has 114 valence electrons. The van der Waals surface area contributed by atoms with E-state index in [0.29, 0.717) is 11.4 Å². The summed E-state index contributed by atoms with van der Waals surface area (Å²) in [5.74, 6) is 0.279. The molecule has 0 bridgehead atoms. The van der Waals surface area contributed by atoms with Crippen molar-refractivity contribution in [3.8, 4) is 5.75 Å². The molecule has 0 heterocycles. The molecule has 2 N–H and O–H groups in total. The van der Waals surface area contributed by atoms with Crippen LogP contribution in [0.15, 0.2) is 48.5 Å². The molecule has 0 radical (unpaired) electrons. The summed E-state index contributed by atoms with van der Waals surface area (Å²) in [7, 11) is 0. The Morgan fingerprint density at radius 1 is 1.05 bits per heavy atom. The third kappa shape index (κ3) is 4.63. The number of carbonyl (C=O) groups excluding carboxylic acids is 2. The van der Waals surface area contributed by atoms with E-state index < -0.39 is 0 Å². The molecule has 22 heavy (non-hydrogen) atoms. The van der Waals surface area contributed by atoms with E-state index in [1.165, 1.54) is 6.92 Å². The second kappa shape index (κ2) is 7.26. The Bertz CT molecular complexity index is 669. The fourth-order valence-corrected chi connectivity index (χ4v) is 1.93. The molecule has 0 aliphatic heterocycles. The Morgan fingerprint density at radius 3 is 2.41 bits per heavy atom. The summed E-state index contributed by atoms with van der Waals surface area (Å²) in [6.45, 7) is 3.26. The quantitative estimate of drug-likeness (QED) is 0.891. The van der Waals surface area contributed by atoms with E-state index in [1.54, 1.807) is 30.3 Å². The van der Waals surface area contributed by atoms with E-state index in [4.69, 9.17) is 4.74 Å². The first-order valence-electron chi connectivity index (χ1n) is 6.90. The zero-order valence-corrected chi connectivity index (χ0v) is 12.6. The van der Waals surface area contributed by atoms with Crippen molar-refractivity contribution < 1.29 is 14.3 Å². The molecule has 2 aromatic rings. The summed E-state index contributed by atoms with van der Waals surface area (Å²) in [6.07, 6.45) is 0. The molecule has 0 atom stereocenters. The van der Waals surface area contributed by atoms with Gasteiger partial charge < -0.3 is 15.4 Å². The maximum atomic E-state index is 11.9. The molecule has 0 saturated heterocycles. The van der Waals surface area contributed by atoms with E-state index in [1.807, 2.05) is 25.1 Å².